The summed E-state index contributed by atoms with van der Waals surface area (Å²) in [6, 6.07) is 10.9. The molecule has 0 saturated carbocycles. The number of aromatic nitrogens is 1. The SMILES string of the molecule is [B]c1ccc2c(NN)c#ccc2n1. The maximum absolute atomic E-state index is 5.53. The Bertz CT molecular complexity index is 442. The molecule has 2 radical (unpaired) electrons. The number of hydrazine groups is 1. The molecule has 0 aliphatic rings. The van der Waals surface area contributed by atoms with Crippen LogP contribution in [0.1, 0.15) is 0 Å². The molecule has 2 rings (SSSR count). The molecule has 0 spiro atoms. The van der Waals surface area contributed by atoms with Gasteiger partial charge in [-0.1, -0.05) is 12.1 Å². The van der Waals surface area contributed by atoms with E-state index in [0.717, 1.165) is 10.9 Å². The average Bonchev–Trinajstić information content (AvgIpc) is 2.16. The minimum Gasteiger partial charge on any atom is -0.316 e. The van der Waals surface area contributed by atoms with E-state index in [0.29, 0.717) is 11.3 Å². The first-order chi connectivity index (χ1) is 6.31. The predicted octanol–water partition coefficient (Wildman–Crippen LogP) is -0.0854. The molecular formula is C9H6BN3. The van der Waals surface area contributed by atoms with E-state index >= 15 is 0 Å². The third-order valence-corrected chi connectivity index (χ3v) is 1.77. The molecule has 0 aliphatic carbocycles. The number of hydrogen-bond donors (Lipinski definition) is 2. The zero-order valence-electron chi connectivity index (χ0n) is 6.83. The fourth-order valence-electron chi connectivity index (χ4n) is 1.17. The van der Waals surface area contributed by atoms with Crippen molar-refractivity contribution in [3.63, 3.8) is 0 Å². The first-order valence-electron chi connectivity index (χ1n) is 3.76. The lowest BCUT2D eigenvalue weighted by atomic mass is 10.0. The maximum Gasteiger partial charge on any atom is 0.141 e. The van der Waals surface area contributed by atoms with Crippen LogP contribution in [0.5, 0.6) is 0 Å². The van der Waals surface area contributed by atoms with E-state index in [1.807, 2.05) is 6.07 Å². The van der Waals surface area contributed by atoms with E-state index in [1.54, 1.807) is 12.1 Å². The second-order valence-electron chi connectivity index (χ2n) is 2.60. The highest BCUT2D eigenvalue weighted by Gasteiger charge is 1.98. The van der Waals surface area contributed by atoms with Gasteiger partial charge in [-0.3, -0.25) is 4.98 Å². The van der Waals surface area contributed by atoms with E-state index in [4.69, 9.17) is 13.7 Å². The zero-order valence-corrected chi connectivity index (χ0v) is 6.83. The topological polar surface area (TPSA) is 50.9 Å². The van der Waals surface area contributed by atoms with Gasteiger partial charge in [0, 0.05) is 11.5 Å². The molecule has 1 heterocycles. The second kappa shape index (κ2) is 2.96. The molecule has 0 atom stereocenters. The van der Waals surface area contributed by atoms with Gasteiger partial charge in [-0.2, -0.15) is 0 Å². The number of fused-ring (bicyclic) bond motifs is 1. The molecule has 0 bridgehead atoms. The highest BCUT2D eigenvalue weighted by molar-refractivity contribution is 6.31. The lowest BCUT2D eigenvalue weighted by molar-refractivity contribution is 1.36. The minimum atomic E-state index is 0.482. The van der Waals surface area contributed by atoms with Gasteiger partial charge >= 0.3 is 0 Å². The summed E-state index contributed by atoms with van der Waals surface area (Å²) in [5, 5.41) is 0.885. The molecule has 1 aromatic heterocycles. The maximum atomic E-state index is 5.53. The Labute approximate surface area is 77.3 Å². The van der Waals surface area contributed by atoms with Gasteiger partial charge in [-0.15, -0.1) is 0 Å². The minimum absolute atomic E-state index is 0.482. The normalized spacial score (nSPS) is 9.62. The van der Waals surface area contributed by atoms with Gasteiger partial charge in [0.25, 0.3) is 0 Å². The monoisotopic (exact) mass is 167 g/mol. The highest BCUT2D eigenvalue weighted by atomic mass is 15.2. The molecule has 3 N–H and O–H groups in total. The van der Waals surface area contributed by atoms with Crippen molar-refractivity contribution in [3.8, 4) is 0 Å². The Morgan fingerprint density at radius 1 is 1.46 bits per heavy atom. The predicted molar refractivity (Wildman–Crippen MR) is 52.6 cm³/mol. The van der Waals surface area contributed by atoms with Crippen LogP contribution in [0, 0.1) is 12.1 Å². The molecule has 0 aliphatic heterocycles. The number of nitrogens with one attached hydrogen (secondary N) is 1. The largest absolute Gasteiger partial charge is 0.316 e. The summed E-state index contributed by atoms with van der Waals surface area (Å²) in [6.07, 6.45) is 0. The standard InChI is InChI=1S/C9H6BN3/c10-9-5-4-6-7(12-9)2-1-3-8(6)13-11/h2,4-5,13H,11H2. The third-order valence-electron chi connectivity index (χ3n) is 1.77. The molecule has 0 saturated heterocycles. The van der Waals surface area contributed by atoms with Gasteiger partial charge in [0.15, 0.2) is 0 Å². The van der Waals surface area contributed by atoms with Gasteiger partial charge in [0.1, 0.15) is 13.5 Å². The van der Waals surface area contributed by atoms with Gasteiger partial charge in [-0.05, 0) is 17.7 Å². The van der Waals surface area contributed by atoms with Crippen LogP contribution < -0.4 is 16.9 Å². The fourth-order valence-corrected chi connectivity index (χ4v) is 1.17. The Kier molecular flexibility index (Phi) is 1.80. The Hall–Kier alpha value is -1.73. The number of rotatable bonds is 1. The summed E-state index contributed by atoms with van der Waals surface area (Å²) in [6.45, 7) is 0. The van der Waals surface area contributed by atoms with Crippen molar-refractivity contribution in [2.75, 3.05) is 5.43 Å². The summed E-state index contributed by atoms with van der Waals surface area (Å²) >= 11 is 0. The Morgan fingerprint density at radius 2 is 2.31 bits per heavy atom. The molecule has 0 amide bonds. The summed E-state index contributed by atoms with van der Waals surface area (Å²) in [5.41, 5.74) is 4.43. The highest BCUT2D eigenvalue weighted by Crippen LogP contribution is 2.15. The van der Waals surface area contributed by atoms with Crippen LogP contribution in [0.4, 0.5) is 5.69 Å². The fraction of sp³-hybridized carbons (Fsp3) is 0. The van der Waals surface area contributed by atoms with Crippen molar-refractivity contribution in [1.29, 1.82) is 0 Å². The molecular weight excluding hydrogens is 161 g/mol. The van der Waals surface area contributed by atoms with Gasteiger partial charge in [0.05, 0.1) is 5.52 Å². The Morgan fingerprint density at radius 3 is 3.08 bits per heavy atom. The van der Waals surface area contributed by atoms with E-state index in [1.165, 1.54) is 0 Å². The molecule has 1 aromatic carbocycles. The molecule has 2 aromatic rings. The van der Waals surface area contributed by atoms with Crippen LogP contribution in [-0.4, -0.2) is 12.8 Å². The molecule has 0 unspecified atom stereocenters. The number of nitrogens with two attached hydrogens (primary N) is 1. The van der Waals surface area contributed by atoms with E-state index in [-0.39, 0.29) is 0 Å². The molecule has 3 nitrogen and oxygen atoms in total. The van der Waals surface area contributed by atoms with E-state index in [9.17, 15) is 0 Å². The zero-order chi connectivity index (χ0) is 9.26. The van der Waals surface area contributed by atoms with Crippen LogP contribution in [0.25, 0.3) is 10.9 Å². The van der Waals surface area contributed by atoms with Crippen molar-refractivity contribution < 1.29 is 0 Å². The van der Waals surface area contributed by atoms with E-state index < -0.39 is 0 Å². The number of anilines is 1. The van der Waals surface area contributed by atoms with E-state index in [2.05, 4.69) is 22.5 Å². The van der Waals surface area contributed by atoms with Gasteiger partial charge in [-0.25, -0.2) is 5.84 Å². The van der Waals surface area contributed by atoms with Crippen LogP contribution in [-0.2, 0) is 0 Å². The number of nitrogen functional groups attached to an aromatic ring is 1. The Balaban J connectivity index is 2.77. The lowest BCUT2D eigenvalue weighted by Gasteiger charge is -2.01. The first kappa shape index (κ1) is 7.90. The quantitative estimate of drug-likeness (QED) is 0.354. The molecule has 0 fully saturated rings. The molecule has 60 valence electrons. The van der Waals surface area contributed by atoms with Crippen LogP contribution in [0.2, 0.25) is 0 Å². The summed E-state index contributed by atoms with van der Waals surface area (Å²) in [4.78, 5) is 4.12. The number of nitrogens with zero attached hydrogens (tertiary/aromatic N) is 1. The van der Waals surface area contributed by atoms with Crippen molar-refractivity contribution in [2.45, 2.75) is 0 Å². The van der Waals surface area contributed by atoms with Crippen LogP contribution in [0.3, 0.4) is 0 Å². The number of hydrogen-bond acceptors (Lipinski definition) is 3. The first-order valence-corrected chi connectivity index (χ1v) is 3.76. The van der Waals surface area contributed by atoms with Gasteiger partial charge < -0.3 is 5.43 Å². The summed E-state index contributed by atoms with van der Waals surface area (Å²) < 4.78 is 0. The van der Waals surface area contributed by atoms with Crippen molar-refractivity contribution in [2.24, 2.45) is 5.84 Å². The van der Waals surface area contributed by atoms with Crippen LogP contribution in [0.15, 0.2) is 18.2 Å². The summed E-state index contributed by atoms with van der Waals surface area (Å²) in [5.74, 6) is 5.29. The lowest BCUT2D eigenvalue weighted by Crippen LogP contribution is -2.09. The average molecular weight is 167 g/mol. The smallest absolute Gasteiger partial charge is 0.141 e. The molecule has 13 heavy (non-hydrogen) atoms. The van der Waals surface area contributed by atoms with Crippen LogP contribution >= 0.6 is 0 Å². The summed E-state index contributed by atoms with van der Waals surface area (Å²) in [7, 11) is 5.53. The van der Waals surface area contributed by atoms with Crippen molar-refractivity contribution >= 4 is 30.0 Å². The van der Waals surface area contributed by atoms with Crippen molar-refractivity contribution in [3.05, 3.63) is 30.3 Å². The second-order valence-corrected chi connectivity index (χ2v) is 2.60. The number of pyridine rings is 1. The molecule has 4 heteroatoms. The van der Waals surface area contributed by atoms with Crippen molar-refractivity contribution in [1.82, 2.24) is 4.98 Å². The third kappa shape index (κ3) is 1.30. The van der Waals surface area contributed by atoms with Gasteiger partial charge in [0.2, 0.25) is 0 Å².